The number of hydrogen-bond acceptors (Lipinski definition) is 3. The highest BCUT2D eigenvalue weighted by atomic mass is 32.2. The Morgan fingerprint density at radius 3 is 1.96 bits per heavy atom. The van der Waals surface area contributed by atoms with Crippen molar-refractivity contribution in [2.24, 2.45) is 11.8 Å². The summed E-state index contributed by atoms with van der Waals surface area (Å²) in [7, 11) is 0. The molecule has 28 heavy (non-hydrogen) atoms. The first kappa shape index (κ1) is 22.8. The lowest BCUT2D eigenvalue weighted by molar-refractivity contribution is -0.0602. The molecule has 0 bridgehead atoms. The fourth-order valence-corrected chi connectivity index (χ4v) is 4.21. The lowest BCUT2D eigenvalue weighted by Gasteiger charge is -2.22. The first-order chi connectivity index (χ1) is 13.4. The molecule has 0 radical (unpaired) electrons. The third kappa shape index (κ3) is 8.70. The molecule has 154 valence electrons. The van der Waals surface area contributed by atoms with Gasteiger partial charge in [0, 0.05) is 10.6 Å². The molecule has 2 aromatic carbocycles. The van der Waals surface area contributed by atoms with Gasteiger partial charge in [-0.05, 0) is 67.3 Å². The van der Waals surface area contributed by atoms with Crippen LogP contribution in [0.4, 0.5) is 0 Å². The van der Waals surface area contributed by atoms with Crippen LogP contribution < -0.4 is 4.74 Å². The van der Waals surface area contributed by atoms with Crippen molar-refractivity contribution in [1.29, 1.82) is 0 Å². The largest absolute Gasteiger partial charge is 0.465 e. The fraction of sp³-hybridized carbons (Fsp3) is 0.520. The van der Waals surface area contributed by atoms with Crippen LogP contribution in [0.25, 0.3) is 0 Å². The lowest BCUT2D eigenvalue weighted by atomic mass is 9.84. The van der Waals surface area contributed by atoms with Crippen molar-refractivity contribution >= 4 is 11.8 Å². The third-order valence-electron chi connectivity index (χ3n) is 4.61. The summed E-state index contributed by atoms with van der Waals surface area (Å²) < 4.78 is 11.7. The summed E-state index contributed by atoms with van der Waals surface area (Å²) in [5.41, 5.74) is 1.42. The molecular formula is C25H36O2S. The minimum atomic E-state index is -0.246. The molecule has 0 saturated heterocycles. The van der Waals surface area contributed by atoms with E-state index in [1.807, 2.05) is 13.0 Å². The van der Waals surface area contributed by atoms with E-state index in [4.69, 9.17) is 9.47 Å². The van der Waals surface area contributed by atoms with Gasteiger partial charge >= 0.3 is 0 Å². The summed E-state index contributed by atoms with van der Waals surface area (Å²) in [5.74, 6) is 3.84. The van der Waals surface area contributed by atoms with E-state index in [2.05, 4.69) is 76.2 Å². The fourth-order valence-electron chi connectivity index (χ4n) is 3.44. The molecule has 0 aliphatic carbocycles. The molecule has 2 rings (SSSR count). The zero-order chi connectivity index (χ0) is 20.4. The maximum Gasteiger partial charge on any atom is 0.197 e. The Balaban J connectivity index is 1.78. The minimum Gasteiger partial charge on any atom is -0.465 e. The predicted octanol–water partition coefficient (Wildman–Crippen LogP) is 7.40. The Morgan fingerprint density at radius 1 is 0.786 bits per heavy atom. The van der Waals surface area contributed by atoms with Crippen molar-refractivity contribution in [2.45, 2.75) is 64.6 Å². The maximum atomic E-state index is 5.93. The second-order valence-corrected chi connectivity index (χ2v) is 9.41. The summed E-state index contributed by atoms with van der Waals surface area (Å²) in [6.07, 6.45) is 2.22. The van der Waals surface area contributed by atoms with Crippen molar-refractivity contribution < 1.29 is 9.47 Å². The smallest absolute Gasteiger partial charge is 0.197 e. The molecule has 0 aliphatic heterocycles. The molecule has 0 aromatic heterocycles. The highest BCUT2D eigenvalue weighted by Crippen LogP contribution is 2.31. The average Bonchev–Trinajstić information content (AvgIpc) is 2.65. The molecule has 0 spiro atoms. The van der Waals surface area contributed by atoms with Gasteiger partial charge < -0.3 is 9.47 Å². The van der Waals surface area contributed by atoms with E-state index >= 15 is 0 Å². The van der Waals surface area contributed by atoms with Gasteiger partial charge in [0.05, 0.1) is 6.61 Å². The molecule has 2 nitrogen and oxygen atoms in total. The highest BCUT2D eigenvalue weighted by molar-refractivity contribution is 7.99. The van der Waals surface area contributed by atoms with E-state index in [0.29, 0.717) is 24.4 Å². The molecule has 0 N–H and O–H groups in total. The summed E-state index contributed by atoms with van der Waals surface area (Å²) in [5, 5.41) is 0. The van der Waals surface area contributed by atoms with E-state index in [9.17, 15) is 0 Å². The molecule has 0 heterocycles. The first-order valence-electron chi connectivity index (χ1n) is 10.5. The third-order valence-corrected chi connectivity index (χ3v) is 5.59. The van der Waals surface area contributed by atoms with Crippen molar-refractivity contribution in [3.05, 3.63) is 60.2 Å². The molecule has 0 aliphatic rings. The second-order valence-electron chi connectivity index (χ2n) is 8.24. The zero-order valence-corrected chi connectivity index (χ0v) is 18.9. The maximum absolute atomic E-state index is 5.93. The van der Waals surface area contributed by atoms with Crippen LogP contribution in [0.3, 0.4) is 0 Å². The molecule has 1 unspecified atom stereocenters. The number of rotatable bonds is 12. The van der Waals surface area contributed by atoms with Crippen molar-refractivity contribution in [3.63, 3.8) is 0 Å². The Labute approximate surface area is 176 Å². The molecule has 0 fully saturated rings. The van der Waals surface area contributed by atoms with Gasteiger partial charge in [-0.3, -0.25) is 0 Å². The van der Waals surface area contributed by atoms with Gasteiger partial charge in [0.1, 0.15) is 5.75 Å². The SMILES string of the molecule is CC(C)CC(CC(C)C)c1ccc(OC(C)OCCSc2ccccc2)cc1. The standard InChI is InChI=1S/C25H36O2S/c1-19(2)17-23(18-20(3)4)22-11-13-24(14-12-22)27-21(5)26-15-16-28-25-9-7-6-8-10-25/h6-14,19-21,23H,15-18H2,1-5H3. The van der Waals surface area contributed by atoms with E-state index in [1.165, 1.54) is 23.3 Å². The monoisotopic (exact) mass is 400 g/mol. The summed E-state index contributed by atoms with van der Waals surface area (Å²) in [4.78, 5) is 1.27. The summed E-state index contributed by atoms with van der Waals surface area (Å²) in [6.45, 7) is 11.9. The molecule has 3 heteroatoms. The van der Waals surface area contributed by atoms with Crippen LogP contribution >= 0.6 is 11.8 Å². The quantitative estimate of drug-likeness (QED) is 0.210. The minimum absolute atomic E-state index is 0.246. The van der Waals surface area contributed by atoms with Gasteiger partial charge in [-0.15, -0.1) is 11.8 Å². The van der Waals surface area contributed by atoms with Crippen molar-refractivity contribution in [2.75, 3.05) is 12.4 Å². The van der Waals surface area contributed by atoms with E-state index in [-0.39, 0.29) is 6.29 Å². The number of thioether (sulfide) groups is 1. The highest BCUT2D eigenvalue weighted by Gasteiger charge is 2.15. The average molecular weight is 401 g/mol. The molecule has 2 aromatic rings. The van der Waals surface area contributed by atoms with Gasteiger partial charge in [-0.25, -0.2) is 0 Å². The lowest BCUT2D eigenvalue weighted by Crippen LogP contribution is -2.17. The van der Waals surface area contributed by atoms with Crippen LogP contribution in [0.1, 0.15) is 58.9 Å². The summed E-state index contributed by atoms with van der Waals surface area (Å²) >= 11 is 1.80. The van der Waals surface area contributed by atoms with Crippen LogP contribution in [0.2, 0.25) is 0 Å². The molecule has 0 saturated carbocycles. The van der Waals surface area contributed by atoms with Crippen LogP contribution in [0.15, 0.2) is 59.5 Å². The topological polar surface area (TPSA) is 18.5 Å². The van der Waals surface area contributed by atoms with Crippen LogP contribution in [-0.4, -0.2) is 18.6 Å². The summed E-state index contributed by atoms with van der Waals surface area (Å²) in [6, 6.07) is 19.0. The molecule has 1 atom stereocenters. The van der Waals surface area contributed by atoms with Crippen LogP contribution in [0.5, 0.6) is 5.75 Å². The second kappa shape index (κ2) is 12.2. The van der Waals surface area contributed by atoms with Crippen molar-refractivity contribution in [1.82, 2.24) is 0 Å². The van der Waals surface area contributed by atoms with Gasteiger partial charge in [-0.1, -0.05) is 58.0 Å². The Bertz CT molecular complexity index is 642. The van der Waals surface area contributed by atoms with Gasteiger partial charge in [0.2, 0.25) is 0 Å². The number of hydrogen-bond donors (Lipinski definition) is 0. The zero-order valence-electron chi connectivity index (χ0n) is 18.1. The molecular weight excluding hydrogens is 364 g/mol. The van der Waals surface area contributed by atoms with Gasteiger partial charge in [0.15, 0.2) is 6.29 Å². The van der Waals surface area contributed by atoms with Gasteiger partial charge in [0.25, 0.3) is 0 Å². The number of benzene rings is 2. The van der Waals surface area contributed by atoms with Gasteiger partial charge in [-0.2, -0.15) is 0 Å². The van der Waals surface area contributed by atoms with E-state index in [1.54, 1.807) is 11.8 Å². The first-order valence-corrected chi connectivity index (χ1v) is 11.5. The predicted molar refractivity (Wildman–Crippen MR) is 121 cm³/mol. The normalized spacial score (nSPS) is 12.7. The van der Waals surface area contributed by atoms with E-state index in [0.717, 1.165) is 11.5 Å². The molecule has 0 amide bonds. The van der Waals surface area contributed by atoms with Crippen LogP contribution in [0, 0.1) is 11.8 Å². The van der Waals surface area contributed by atoms with Crippen molar-refractivity contribution in [3.8, 4) is 5.75 Å². The Kier molecular flexibility index (Phi) is 9.94. The number of ether oxygens (including phenoxy) is 2. The Hall–Kier alpha value is -1.45. The Morgan fingerprint density at radius 2 is 1.39 bits per heavy atom. The van der Waals surface area contributed by atoms with E-state index < -0.39 is 0 Å². The van der Waals surface area contributed by atoms with Crippen LogP contribution in [-0.2, 0) is 4.74 Å².